The van der Waals surface area contributed by atoms with Crippen LogP contribution in [0.3, 0.4) is 0 Å². The molecule has 1 atom stereocenters. The van der Waals surface area contributed by atoms with E-state index < -0.39 is 18.0 Å². The van der Waals surface area contributed by atoms with Gasteiger partial charge in [-0.15, -0.1) is 0 Å². The molecule has 3 amide bonds. The number of urea groups is 1. The molecule has 0 radical (unpaired) electrons. The monoisotopic (exact) mass is 307 g/mol. The first-order valence-electron chi connectivity index (χ1n) is 7.62. The van der Waals surface area contributed by atoms with Crippen LogP contribution in [-0.4, -0.2) is 42.8 Å². The summed E-state index contributed by atoms with van der Waals surface area (Å²) < 4.78 is 0. The molecule has 122 valence electrons. The number of benzene rings is 1. The molecule has 0 saturated carbocycles. The second-order valence-corrected chi connectivity index (χ2v) is 5.08. The number of carbonyl (C=O) groups excluding carboxylic acids is 2. The van der Waals surface area contributed by atoms with E-state index in [0.29, 0.717) is 19.5 Å². The van der Waals surface area contributed by atoms with E-state index in [4.69, 9.17) is 0 Å². The van der Waals surface area contributed by atoms with E-state index in [9.17, 15) is 14.7 Å². The van der Waals surface area contributed by atoms with Gasteiger partial charge in [0.05, 0.1) is 12.6 Å². The number of imide groups is 1. The summed E-state index contributed by atoms with van der Waals surface area (Å²) in [6, 6.07) is 8.87. The van der Waals surface area contributed by atoms with Gasteiger partial charge in [0.15, 0.2) is 0 Å². The highest BCUT2D eigenvalue weighted by Crippen LogP contribution is 2.13. The number of para-hydroxylation sites is 1. The molecular formula is C16H25N3O3. The summed E-state index contributed by atoms with van der Waals surface area (Å²) in [5.41, 5.74) is 0.833. The molecule has 0 spiro atoms. The second kappa shape index (κ2) is 9.78. The molecule has 0 saturated heterocycles. The maximum absolute atomic E-state index is 12.0. The molecular weight excluding hydrogens is 282 g/mol. The van der Waals surface area contributed by atoms with Gasteiger partial charge >= 0.3 is 6.03 Å². The van der Waals surface area contributed by atoms with Gasteiger partial charge in [0, 0.05) is 18.8 Å². The smallest absolute Gasteiger partial charge is 0.321 e. The number of amides is 3. The van der Waals surface area contributed by atoms with Crippen molar-refractivity contribution in [2.75, 3.05) is 24.5 Å². The number of nitrogens with zero attached hydrogens (tertiary/aromatic N) is 1. The summed E-state index contributed by atoms with van der Waals surface area (Å²) in [6.45, 7) is 4.69. The Bertz CT molecular complexity index is 465. The Labute approximate surface area is 131 Å². The lowest BCUT2D eigenvalue weighted by molar-refractivity contribution is -0.118. The van der Waals surface area contributed by atoms with Gasteiger partial charge in [-0.1, -0.05) is 32.0 Å². The first-order chi connectivity index (χ1) is 10.6. The largest absolute Gasteiger partial charge is 0.391 e. The van der Waals surface area contributed by atoms with Crippen molar-refractivity contribution < 1.29 is 14.7 Å². The van der Waals surface area contributed by atoms with Crippen LogP contribution in [0.4, 0.5) is 10.5 Å². The normalized spacial score (nSPS) is 11.6. The third kappa shape index (κ3) is 6.58. The molecule has 1 rings (SSSR count). The molecule has 6 heteroatoms. The summed E-state index contributed by atoms with van der Waals surface area (Å²) in [5.74, 6) is -0.402. The summed E-state index contributed by atoms with van der Waals surface area (Å²) in [6.07, 6.45) is 0.879. The number of hydrogen-bond donors (Lipinski definition) is 3. The molecule has 0 aliphatic heterocycles. The Kier molecular flexibility index (Phi) is 7.99. The lowest BCUT2D eigenvalue weighted by Crippen LogP contribution is -2.46. The zero-order chi connectivity index (χ0) is 16.4. The zero-order valence-corrected chi connectivity index (χ0v) is 13.2. The Morgan fingerprint density at radius 2 is 1.91 bits per heavy atom. The Morgan fingerprint density at radius 1 is 1.23 bits per heavy atom. The average Bonchev–Trinajstić information content (AvgIpc) is 2.52. The molecule has 1 aromatic rings. The van der Waals surface area contributed by atoms with Gasteiger partial charge in [-0.05, 0) is 25.0 Å². The molecule has 6 nitrogen and oxygen atoms in total. The van der Waals surface area contributed by atoms with Crippen molar-refractivity contribution in [3.05, 3.63) is 30.3 Å². The van der Waals surface area contributed by atoms with Gasteiger partial charge in [0.25, 0.3) is 0 Å². The first-order valence-corrected chi connectivity index (χ1v) is 7.62. The van der Waals surface area contributed by atoms with E-state index in [1.165, 1.54) is 0 Å². The quantitative estimate of drug-likeness (QED) is 0.680. The number of nitrogens with one attached hydrogen (secondary N) is 2. The van der Waals surface area contributed by atoms with Crippen molar-refractivity contribution in [1.29, 1.82) is 0 Å². The van der Waals surface area contributed by atoms with E-state index >= 15 is 0 Å². The van der Waals surface area contributed by atoms with Gasteiger partial charge in [-0.25, -0.2) is 4.79 Å². The number of hydrogen-bond acceptors (Lipinski definition) is 4. The number of carbonyl (C=O) groups is 2. The molecule has 1 aromatic carbocycles. The van der Waals surface area contributed by atoms with Crippen molar-refractivity contribution in [2.24, 2.45) is 0 Å². The highest BCUT2D eigenvalue weighted by Gasteiger charge is 2.16. The van der Waals surface area contributed by atoms with Crippen molar-refractivity contribution in [1.82, 2.24) is 10.6 Å². The Hall–Kier alpha value is -2.08. The molecule has 0 aliphatic carbocycles. The van der Waals surface area contributed by atoms with Crippen LogP contribution in [0.1, 0.15) is 26.7 Å². The summed E-state index contributed by atoms with van der Waals surface area (Å²) >= 11 is 0. The van der Waals surface area contributed by atoms with E-state index in [1.807, 2.05) is 44.2 Å². The molecule has 0 aromatic heterocycles. The minimum atomic E-state index is -0.526. The van der Waals surface area contributed by atoms with Crippen LogP contribution < -0.4 is 15.5 Å². The fourth-order valence-corrected chi connectivity index (χ4v) is 1.91. The van der Waals surface area contributed by atoms with Gasteiger partial charge in [0.2, 0.25) is 5.91 Å². The lowest BCUT2D eigenvalue weighted by Gasteiger charge is -2.26. The number of anilines is 1. The highest BCUT2D eigenvalue weighted by molar-refractivity contribution is 5.96. The summed E-state index contributed by atoms with van der Waals surface area (Å²) in [5, 5.41) is 14.7. The second-order valence-electron chi connectivity index (χ2n) is 5.08. The summed E-state index contributed by atoms with van der Waals surface area (Å²) in [7, 11) is 0. The average molecular weight is 307 g/mol. The Balaban J connectivity index is 2.64. The van der Waals surface area contributed by atoms with Crippen LogP contribution >= 0.6 is 0 Å². The first kappa shape index (κ1) is 18.0. The van der Waals surface area contributed by atoms with Gasteiger partial charge in [0.1, 0.15) is 0 Å². The maximum atomic E-state index is 12.0. The van der Waals surface area contributed by atoms with Crippen molar-refractivity contribution in [3.8, 4) is 0 Å². The van der Waals surface area contributed by atoms with Crippen LogP contribution in [-0.2, 0) is 4.79 Å². The fourth-order valence-electron chi connectivity index (χ4n) is 1.91. The summed E-state index contributed by atoms with van der Waals surface area (Å²) in [4.78, 5) is 25.2. The lowest BCUT2D eigenvalue weighted by atomic mass is 10.2. The van der Waals surface area contributed by atoms with Crippen LogP contribution in [0, 0.1) is 0 Å². The molecule has 0 heterocycles. The molecule has 0 fully saturated rings. The number of rotatable bonds is 8. The topological polar surface area (TPSA) is 81.7 Å². The third-order valence-corrected chi connectivity index (χ3v) is 3.15. The predicted octanol–water partition coefficient (Wildman–Crippen LogP) is 1.50. The minimum absolute atomic E-state index is 0.0145. The maximum Gasteiger partial charge on any atom is 0.321 e. The van der Waals surface area contributed by atoms with Crippen molar-refractivity contribution >= 4 is 17.6 Å². The zero-order valence-electron chi connectivity index (χ0n) is 13.2. The fraction of sp³-hybridized carbons (Fsp3) is 0.500. The molecule has 0 bridgehead atoms. The van der Waals surface area contributed by atoms with Crippen LogP contribution in [0.5, 0.6) is 0 Å². The van der Waals surface area contributed by atoms with E-state index in [0.717, 1.165) is 12.1 Å². The molecule has 22 heavy (non-hydrogen) atoms. The Morgan fingerprint density at radius 3 is 2.50 bits per heavy atom. The number of aliphatic hydroxyl groups excluding tert-OH is 1. The molecule has 1 unspecified atom stereocenters. The minimum Gasteiger partial charge on any atom is -0.391 e. The van der Waals surface area contributed by atoms with Crippen LogP contribution in [0.2, 0.25) is 0 Å². The van der Waals surface area contributed by atoms with Gasteiger partial charge < -0.3 is 15.3 Å². The SMILES string of the molecule is CCCNC(=O)NC(=O)CN(CC(O)CC)c1ccccc1. The molecule has 3 N–H and O–H groups in total. The highest BCUT2D eigenvalue weighted by atomic mass is 16.3. The van der Waals surface area contributed by atoms with Crippen molar-refractivity contribution in [2.45, 2.75) is 32.8 Å². The van der Waals surface area contributed by atoms with E-state index in [1.54, 1.807) is 4.90 Å². The van der Waals surface area contributed by atoms with Crippen molar-refractivity contribution in [3.63, 3.8) is 0 Å². The van der Waals surface area contributed by atoms with Gasteiger partial charge in [-0.2, -0.15) is 0 Å². The standard InChI is InChI=1S/C16H25N3O3/c1-3-10-17-16(22)18-15(21)12-19(11-14(20)4-2)13-8-6-5-7-9-13/h5-9,14,20H,3-4,10-12H2,1-2H3,(H2,17,18,21,22). The van der Waals surface area contributed by atoms with Crippen LogP contribution in [0.25, 0.3) is 0 Å². The molecule has 0 aliphatic rings. The van der Waals surface area contributed by atoms with Crippen LogP contribution in [0.15, 0.2) is 30.3 Å². The third-order valence-electron chi connectivity index (χ3n) is 3.15. The van der Waals surface area contributed by atoms with Gasteiger partial charge in [-0.3, -0.25) is 10.1 Å². The predicted molar refractivity (Wildman–Crippen MR) is 86.8 cm³/mol. The van der Waals surface area contributed by atoms with E-state index in [2.05, 4.69) is 10.6 Å². The number of aliphatic hydroxyl groups is 1. The van der Waals surface area contributed by atoms with E-state index in [-0.39, 0.29) is 6.54 Å².